The number of hydrogen-bond acceptors (Lipinski definition) is 3. The third-order valence-corrected chi connectivity index (χ3v) is 3.63. The normalized spacial score (nSPS) is 17.6. The van der Waals surface area contributed by atoms with Crippen LogP contribution in [0.5, 0.6) is 5.75 Å². The lowest BCUT2D eigenvalue weighted by molar-refractivity contribution is -0.122. The van der Waals surface area contributed by atoms with Crippen molar-refractivity contribution >= 4 is 5.91 Å². The van der Waals surface area contributed by atoms with Crippen molar-refractivity contribution in [3.05, 3.63) is 29.8 Å². The van der Waals surface area contributed by atoms with Gasteiger partial charge in [-0.05, 0) is 30.5 Å². The number of aromatic hydroxyl groups is 1. The van der Waals surface area contributed by atoms with E-state index in [0.717, 1.165) is 31.2 Å². The van der Waals surface area contributed by atoms with Crippen molar-refractivity contribution in [1.82, 2.24) is 5.32 Å². The summed E-state index contributed by atoms with van der Waals surface area (Å²) in [5, 5.41) is 12.4. The second-order valence-electron chi connectivity index (χ2n) is 5.09. The van der Waals surface area contributed by atoms with Crippen molar-refractivity contribution in [1.29, 1.82) is 0 Å². The van der Waals surface area contributed by atoms with Gasteiger partial charge >= 0.3 is 0 Å². The van der Waals surface area contributed by atoms with Crippen molar-refractivity contribution in [2.75, 3.05) is 6.54 Å². The molecule has 0 saturated heterocycles. The maximum absolute atomic E-state index is 12.0. The molecule has 0 spiro atoms. The summed E-state index contributed by atoms with van der Waals surface area (Å²) in [6.07, 6.45) is 4.48. The highest BCUT2D eigenvalue weighted by Gasteiger charge is 2.33. The van der Waals surface area contributed by atoms with Crippen LogP contribution in [0.1, 0.15) is 31.2 Å². The van der Waals surface area contributed by atoms with Crippen LogP contribution in [0, 0.1) is 0 Å². The van der Waals surface area contributed by atoms with Gasteiger partial charge in [0.2, 0.25) is 5.91 Å². The Morgan fingerprint density at radius 1 is 1.39 bits per heavy atom. The largest absolute Gasteiger partial charge is 0.508 e. The zero-order valence-corrected chi connectivity index (χ0v) is 10.5. The third kappa shape index (κ3) is 3.01. The number of amides is 1. The van der Waals surface area contributed by atoms with E-state index in [4.69, 9.17) is 5.73 Å². The van der Waals surface area contributed by atoms with E-state index in [2.05, 4.69) is 5.32 Å². The van der Waals surface area contributed by atoms with Crippen LogP contribution in [0.25, 0.3) is 0 Å². The number of rotatable bonds is 4. The highest BCUT2D eigenvalue weighted by atomic mass is 16.3. The zero-order chi connectivity index (χ0) is 13.0. The molecule has 4 nitrogen and oxygen atoms in total. The lowest BCUT2D eigenvalue weighted by atomic mass is 9.97. The lowest BCUT2D eigenvalue weighted by Crippen LogP contribution is -2.52. The van der Waals surface area contributed by atoms with Gasteiger partial charge in [0.05, 0.1) is 12.0 Å². The van der Waals surface area contributed by atoms with Crippen molar-refractivity contribution < 1.29 is 9.90 Å². The van der Waals surface area contributed by atoms with E-state index < -0.39 is 0 Å². The molecule has 0 aromatic heterocycles. The summed E-state index contributed by atoms with van der Waals surface area (Å²) in [4.78, 5) is 12.0. The monoisotopic (exact) mass is 248 g/mol. The van der Waals surface area contributed by atoms with Crippen LogP contribution in [0.15, 0.2) is 24.3 Å². The highest BCUT2D eigenvalue weighted by molar-refractivity contribution is 5.79. The molecule has 0 bridgehead atoms. The van der Waals surface area contributed by atoms with Crippen LogP contribution in [0.3, 0.4) is 0 Å². The van der Waals surface area contributed by atoms with Crippen molar-refractivity contribution in [3.8, 4) is 5.75 Å². The van der Waals surface area contributed by atoms with Gasteiger partial charge in [-0.25, -0.2) is 0 Å². The highest BCUT2D eigenvalue weighted by Crippen LogP contribution is 2.28. The molecule has 0 radical (unpaired) electrons. The van der Waals surface area contributed by atoms with Crippen LogP contribution >= 0.6 is 0 Å². The molecule has 1 fully saturated rings. The summed E-state index contributed by atoms with van der Waals surface area (Å²) in [6, 6.07) is 6.79. The van der Waals surface area contributed by atoms with Crippen LogP contribution in [-0.2, 0) is 11.2 Å². The maximum Gasteiger partial charge on any atom is 0.224 e. The molecule has 4 N–H and O–H groups in total. The van der Waals surface area contributed by atoms with Crippen LogP contribution in [0.4, 0.5) is 0 Å². The number of hydrogen-bond donors (Lipinski definition) is 3. The van der Waals surface area contributed by atoms with E-state index >= 15 is 0 Å². The molecular weight excluding hydrogens is 228 g/mol. The van der Waals surface area contributed by atoms with Gasteiger partial charge in [-0.1, -0.05) is 25.0 Å². The summed E-state index contributed by atoms with van der Waals surface area (Å²) < 4.78 is 0. The van der Waals surface area contributed by atoms with Crippen LogP contribution in [-0.4, -0.2) is 23.1 Å². The molecule has 4 heteroatoms. The number of benzene rings is 1. The van der Waals surface area contributed by atoms with E-state index in [1.807, 2.05) is 6.07 Å². The molecule has 0 atom stereocenters. The standard InChI is InChI=1S/C14H20N2O2/c15-10-14(6-1-2-7-14)16-13(18)9-11-4-3-5-12(17)8-11/h3-5,8,17H,1-2,6-7,9-10,15H2,(H,16,18). The predicted molar refractivity (Wildman–Crippen MR) is 70.2 cm³/mol. The van der Waals surface area contributed by atoms with Gasteiger partial charge in [0.15, 0.2) is 0 Å². The molecule has 98 valence electrons. The molecule has 2 rings (SSSR count). The molecular formula is C14H20N2O2. The fourth-order valence-electron chi connectivity index (χ4n) is 2.62. The molecule has 1 amide bonds. The quantitative estimate of drug-likeness (QED) is 0.752. The first-order valence-electron chi connectivity index (χ1n) is 6.43. The minimum atomic E-state index is -0.200. The van der Waals surface area contributed by atoms with Gasteiger partial charge in [0, 0.05) is 6.54 Å². The lowest BCUT2D eigenvalue weighted by Gasteiger charge is -2.28. The SMILES string of the molecule is NCC1(NC(=O)Cc2cccc(O)c2)CCCC1. The molecule has 0 unspecified atom stereocenters. The number of phenolic OH excluding ortho intramolecular Hbond substituents is 1. The van der Waals surface area contributed by atoms with E-state index in [0.29, 0.717) is 6.54 Å². The Kier molecular flexibility index (Phi) is 3.87. The Balaban J connectivity index is 1.96. The minimum Gasteiger partial charge on any atom is -0.508 e. The average Bonchev–Trinajstić information content (AvgIpc) is 2.78. The fraction of sp³-hybridized carbons (Fsp3) is 0.500. The summed E-state index contributed by atoms with van der Waals surface area (Å²) >= 11 is 0. The average molecular weight is 248 g/mol. The van der Waals surface area contributed by atoms with E-state index in [9.17, 15) is 9.90 Å². The molecule has 0 aliphatic heterocycles. The van der Waals surface area contributed by atoms with Gasteiger partial charge in [-0.2, -0.15) is 0 Å². The Morgan fingerprint density at radius 2 is 2.11 bits per heavy atom. The Bertz CT molecular complexity index is 426. The molecule has 0 heterocycles. The molecule has 1 saturated carbocycles. The topological polar surface area (TPSA) is 75.3 Å². The van der Waals surface area contributed by atoms with Crippen LogP contribution < -0.4 is 11.1 Å². The Morgan fingerprint density at radius 3 is 2.72 bits per heavy atom. The predicted octanol–water partition coefficient (Wildman–Crippen LogP) is 1.32. The first-order chi connectivity index (χ1) is 8.63. The Labute approximate surface area is 107 Å². The summed E-state index contributed by atoms with van der Waals surface area (Å²) in [5.41, 5.74) is 6.40. The van der Waals surface area contributed by atoms with Gasteiger partial charge in [-0.15, -0.1) is 0 Å². The number of nitrogens with two attached hydrogens (primary N) is 1. The Hall–Kier alpha value is -1.55. The van der Waals surface area contributed by atoms with Gasteiger partial charge in [0.1, 0.15) is 5.75 Å². The fourth-order valence-corrected chi connectivity index (χ4v) is 2.62. The smallest absolute Gasteiger partial charge is 0.224 e. The molecule has 18 heavy (non-hydrogen) atoms. The molecule has 1 aliphatic rings. The summed E-state index contributed by atoms with van der Waals surface area (Å²) in [5.74, 6) is 0.169. The third-order valence-electron chi connectivity index (χ3n) is 3.63. The minimum absolute atomic E-state index is 0.0204. The summed E-state index contributed by atoms with van der Waals surface area (Å²) in [7, 11) is 0. The first-order valence-corrected chi connectivity index (χ1v) is 6.43. The maximum atomic E-state index is 12.0. The molecule has 1 aromatic rings. The van der Waals surface area contributed by atoms with E-state index in [1.54, 1.807) is 18.2 Å². The van der Waals surface area contributed by atoms with Gasteiger partial charge < -0.3 is 16.2 Å². The second kappa shape index (κ2) is 5.40. The van der Waals surface area contributed by atoms with Crippen molar-refractivity contribution in [2.45, 2.75) is 37.6 Å². The van der Waals surface area contributed by atoms with Crippen molar-refractivity contribution in [3.63, 3.8) is 0 Å². The number of nitrogens with one attached hydrogen (secondary N) is 1. The van der Waals surface area contributed by atoms with E-state index in [1.165, 1.54) is 0 Å². The first kappa shape index (κ1) is 12.9. The number of carbonyl (C=O) groups excluding carboxylic acids is 1. The van der Waals surface area contributed by atoms with Crippen molar-refractivity contribution in [2.24, 2.45) is 5.73 Å². The molecule has 1 aromatic carbocycles. The molecule has 1 aliphatic carbocycles. The number of phenols is 1. The van der Waals surface area contributed by atoms with E-state index in [-0.39, 0.29) is 23.6 Å². The second-order valence-corrected chi connectivity index (χ2v) is 5.09. The zero-order valence-electron chi connectivity index (χ0n) is 10.5. The van der Waals surface area contributed by atoms with Crippen LogP contribution in [0.2, 0.25) is 0 Å². The van der Waals surface area contributed by atoms with Gasteiger partial charge in [-0.3, -0.25) is 4.79 Å². The van der Waals surface area contributed by atoms with Gasteiger partial charge in [0.25, 0.3) is 0 Å². The number of carbonyl (C=O) groups is 1. The summed E-state index contributed by atoms with van der Waals surface area (Å²) in [6.45, 7) is 0.499.